The zero-order chi connectivity index (χ0) is 10.8. The van der Waals surface area contributed by atoms with Gasteiger partial charge in [-0.05, 0) is 18.6 Å². The standard InChI is InChI=1S/C14H24O/c1-2-3-4-5-6-7-8-11-14-12-9-10-13-15-14/h9-10,12H,2-8,11,13H2,1H3. The summed E-state index contributed by atoms with van der Waals surface area (Å²) in [7, 11) is 0. The molecule has 0 aromatic carbocycles. The fourth-order valence-electron chi connectivity index (χ4n) is 1.85. The molecule has 0 atom stereocenters. The van der Waals surface area contributed by atoms with E-state index in [0.717, 1.165) is 13.0 Å². The Labute approximate surface area is 94.2 Å². The van der Waals surface area contributed by atoms with Crippen molar-refractivity contribution in [3.05, 3.63) is 24.0 Å². The van der Waals surface area contributed by atoms with Gasteiger partial charge in [0.1, 0.15) is 6.61 Å². The Morgan fingerprint density at radius 2 is 1.80 bits per heavy atom. The average molecular weight is 208 g/mol. The largest absolute Gasteiger partial charge is 0.494 e. The van der Waals surface area contributed by atoms with E-state index < -0.39 is 0 Å². The van der Waals surface area contributed by atoms with Gasteiger partial charge in [-0.3, -0.25) is 0 Å². The van der Waals surface area contributed by atoms with Crippen LogP contribution >= 0.6 is 0 Å². The van der Waals surface area contributed by atoms with E-state index in [0.29, 0.717) is 0 Å². The minimum Gasteiger partial charge on any atom is -0.494 e. The second kappa shape index (κ2) is 8.58. The molecule has 86 valence electrons. The normalized spacial score (nSPS) is 14.9. The molecular formula is C14H24O. The molecule has 0 amide bonds. The number of ether oxygens (including phenoxy) is 1. The van der Waals surface area contributed by atoms with E-state index >= 15 is 0 Å². The lowest BCUT2D eigenvalue weighted by atomic mass is 10.1. The Kier molecular flexibility index (Phi) is 7.06. The number of allylic oxidation sites excluding steroid dienone is 3. The van der Waals surface area contributed by atoms with Crippen LogP contribution in [0.15, 0.2) is 24.0 Å². The summed E-state index contributed by atoms with van der Waals surface area (Å²) in [4.78, 5) is 0. The van der Waals surface area contributed by atoms with E-state index in [-0.39, 0.29) is 0 Å². The smallest absolute Gasteiger partial charge is 0.106 e. The van der Waals surface area contributed by atoms with Crippen LogP contribution < -0.4 is 0 Å². The summed E-state index contributed by atoms with van der Waals surface area (Å²) in [6.45, 7) is 3.03. The predicted octanol–water partition coefficient (Wildman–Crippen LogP) is 4.60. The summed E-state index contributed by atoms with van der Waals surface area (Å²) in [6.07, 6.45) is 17.0. The van der Waals surface area contributed by atoms with Crippen LogP contribution in [0.5, 0.6) is 0 Å². The highest BCUT2D eigenvalue weighted by Crippen LogP contribution is 2.15. The molecule has 1 nitrogen and oxygen atoms in total. The van der Waals surface area contributed by atoms with E-state index in [1.54, 1.807) is 0 Å². The SMILES string of the molecule is CCCCCCCCCC1=CC=CCO1. The molecule has 0 spiro atoms. The Balaban J connectivity index is 1.88. The maximum absolute atomic E-state index is 5.50. The molecular weight excluding hydrogens is 184 g/mol. The van der Waals surface area contributed by atoms with Gasteiger partial charge in [0.05, 0.1) is 5.76 Å². The van der Waals surface area contributed by atoms with E-state index in [9.17, 15) is 0 Å². The summed E-state index contributed by atoms with van der Waals surface area (Å²) >= 11 is 0. The third-order valence-corrected chi connectivity index (χ3v) is 2.81. The lowest BCUT2D eigenvalue weighted by Crippen LogP contribution is -1.96. The van der Waals surface area contributed by atoms with Crippen LogP contribution in [0.4, 0.5) is 0 Å². The number of rotatable bonds is 8. The minimum atomic E-state index is 0.766. The fraction of sp³-hybridized carbons (Fsp3) is 0.714. The zero-order valence-electron chi connectivity index (χ0n) is 10.0. The molecule has 0 aliphatic carbocycles. The Morgan fingerprint density at radius 1 is 1.07 bits per heavy atom. The highest BCUT2D eigenvalue weighted by molar-refractivity contribution is 5.11. The molecule has 1 aliphatic rings. The molecule has 0 saturated heterocycles. The second-order valence-corrected chi connectivity index (χ2v) is 4.24. The number of hydrogen-bond acceptors (Lipinski definition) is 1. The highest BCUT2D eigenvalue weighted by atomic mass is 16.5. The van der Waals surface area contributed by atoms with Crippen LogP contribution in [0.3, 0.4) is 0 Å². The van der Waals surface area contributed by atoms with Crippen LogP contribution in [-0.2, 0) is 4.74 Å². The third-order valence-electron chi connectivity index (χ3n) is 2.81. The molecule has 0 unspecified atom stereocenters. The molecule has 1 aliphatic heterocycles. The van der Waals surface area contributed by atoms with Crippen LogP contribution in [0, 0.1) is 0 Å². The first-order valence-corrected chi connectivity index (χ1v) is 6.42. The van der Waals surface area contributed by atoms with E-state index in [2.05, 4.69) is 19.1 Å². The molecule has 1 rings (SSSR count). The van der Waals surface area contributed by atoms with Crippen molar-refractivity contribution >= 4 is 0 Å². The second-order valence-electron chi connectivity index (χ2n) is 4.24. The molecule has 0 N–H and O–H groups in total. The van der Waals surface area contributed by atoms with Gasteiger partial charge >= 0.3 is 0 Å². The van der Waals surface area contributed by atoms with E-state index in [1.165, 1.54) is 50.7 Å². The molecule has 0 aromatic heterocycles. The highest BCUT2D eigenvalue weighted by Gasteiger charge is 1.99. The van der Waals surface area contributed by atoms with Crippen molar-refractivity contribution in [2.75, 3.05) is 6.61 Å². The first kappa shape index (κ1) is 12.4. The quantitative estimate of drug-likeness (QED) is 0.530. The monoisotopic (exact) mass is 208 g/mol. The van der Waals surface area contributed by atoms with Gasteiger partial charge in [-0.1, -0.05) is 51.5 Å². The van der Waals surface area contributed by atoms with Crippen molar-refractivity contribution in [1.82, 2.24) is 0 Å². The van der Waals surface area contributed by atoms with Crippen LogP contribution in [0.25, 0.3) is 0 Å². The summed E-state index contributed by atoms with van der Waals surface area (Å²) in [5, 5.41) is 0. The molecule has 15 heavy (non-hydrogen) atoms. The van der Waals surface area contributed by atoms with Crippen molar-refractivity contribution in [1.29, 1.82) is 0 Å². The van der Waals surface area contributed by atoms with Crippen LogP contribution in [0.1, 0.15) is 58.3 Å². The van der Waals surface area contributed by atoms with Crippen molar-refractivity contribution in [2.24, 2.45) is 0 Å². The van der Waals surface area contributed by atoms with Crippen LogP contribution in [0.2, 0.25) is 0 Å². The molecule has 0 saturated carbocycles. The molecule has 0 fully saturated rings. The van der Waals surface area contributed by atoms with Gasteiger partial charge in [-0.25, -0.2) is 0 Å². The Morgan fingerprint density at radius 3 is 2.47 bits per heavy atom. The maximum atomic E-state index is 5.50. The molecule has 1 heteroatoms. The summed E-state index contributed by atoms with van der Waals surface area (Å²) in [5.74, 6) is 1.17. The van der Waals surface area contributed by atoms with E-state index in [4.69, 9.17) is 4.74 Å². The Bertz CT molecular complexity index is 203. The molecule has 1 heterocycles. The van der Waals surface area contributed by atoms with Crippen molar-refractivity contribution < 1.29 is 4.74 Å². The van der Waals surface area contributed by atoms with Gasteiger partial charge in [-0.15, -0.1) is 0 Å². The topological polar surface area (TPSA) is 9.23 Å². The lowest BCUT2D eigenvalue weighted by molar-refractivity contribution is 0.229. The number of unbranched alkanes of at least 4 members (excludes halogenated alkanes) is 6. The fourth-order valence-corrected chi connectivity index (χ4v) is 1.85. The molecule has 0 aromatic rings. The minimum absolute atomic E-state index is 0.766. The average Bonchev–Trinajstić information content (AvgIpc) is 2.29. The van der Waals surface area contributed by atoms with E-state index in [1.807, 2.05) is 6.08 Å². The van der Waals surface area contributed by atoms with Gasteiger partial charge in [0, 0.05) is 6.42 Å². The van der Waals surface area contributed by atoms with Gasteiger partial charge in [0.2, 0.25) is 0 Å². The lowest BCUT2D eigenvalue weighted by Gasteiger charge is -2.10. The summed E-state index contributed by atoms with van der Waals surface area (Å²) in [5.41, 5.74) is 0. The van der Waals surface area contributed by atoms with Gasteiger partial charge < -0.3 is 4.74 Å². The van der Waals surface area contributed by atoms with Crippen LogP contribution in [-0.4, -0.2) is 6.61 Å². The predicted molar refractivity (Wildman–Crippen MR) is 65.8 cm³/mol. The van der Waals surface area contributed by atoms with Gasteiger partial charge in [0.25, 0.3) is 0 Å². The summed E-state index contributed by atoms with van der Waals surface area (Å²) in [6, 6.07) is 0. The van der Waals surface area contributed by atoms with Crippen molar-refractivity contribution in [2.45, 2.75) is 58.3 Å². The van der Waals surface area contributed by atoms with Crippen molar-refractivity contribution in [3.8, 4) is 0 Å². The third kappa shape index (κ3) is 6.38. The zero-order valence-corrected chi connectivity index (χ0v) is 10.0. The first-order valence-electron chi connectivity index (χ1n) is 6.42. The molecule has 0 bridgehead atoms. The number of hydrogen-bond donors (Lipinski definition) is 0. The summed E-state index contributed by atoms with van der Waals surface area (Å²) < 4.78 is 5.50. The maximum Gasteiger partial charge on any atom is 0.106 e. The molecule has 0 radical (unpaired) electrons. The Hall–Kier alpha value is -0.720. The van der Waals surface area contributed by atoms with Gasteiger partial charge in [-0.2, -0.15) is 0 Å². The first-order chi connectivity index (χ1) is 7.43. The van der Waals surface area contributed by atoms with Crippen molar-refractivity contribution in [3.63, 3.8) is 0 Å². The van der Waals surface area contributed by atoms with Gasteiger partial charge in [0.15, 0.2) is 0 Å².